The Morgan fingerprint density at radius 3 is 2.67 bits per heavy atom. The Bertz CT molecular complexity index is 458. The summed E-state index contributed by atoms with van der Waals surface area (Å²) in [6.45, 7) is 3.99. The van der Waals surface area contributed by atoms with Crippen molar-refractivity contribution in [3.05, 3.63) is 27.0 Å². The zero-order chi connectivity index (χ0) is 11.6. The molecular weight excluding hydrogens is 198 g/mol. The molecule has 0 saturated carbocycles. The van der Waals surface area contributed by atoms with Crippen LogP contribution in [0.3, 0.4) is 0 Å². The number of hydrogen-bond acceptors (Lipinski definition) is 4. The fourth-order valence-electron chi connectivity index (χ4n) is 1.12. The SMILES string of the molecule is COC(C)(C)Cn1cc(N)c(=O)[nH]c1=O. The van der Waals surface area contributed by atoms with E-state index >= 15 is 0 Å². The highest BCUT2D eigenvalue weighted by atomic mass is 16.5. The topological polar surface area (TPSA) is 90.1 Å². The van der Waals surface area contributed by atoms with Crippen molar-refractivity contribution in [1.29, 1.82) is 0 Å². The number of ether oxygens (including phenoxy) is 1. The summed E-state index contributed by atoms with van der Waals surface area (Å²) in [4.78, 5) is 24.5. The molecule has 0 aliphatic rings. The average Bonchev–Trinajstić information content (AvgIpc) is 2.14. The Labute approximate surface area is 86.7 Å². The number of rotatable bonds is 3. The van der Waals surface area contributed by atoms with Gasteiger partial charge in [0.15, 0.2) is 0 Å². The van der Waals surface area contributed by atoms with Crippen LogP contribution in [-0.2, 0) is 11.3 Å². The van der Waals surface area contributed by atoms with Gasteiger partial charge in [-0.3, -0.25) is 14.3 Å². The van der Waals surface area contributed by atoms with Gasteiger partial charge in [-0.25, -0.2) is 4.79 Å². The highest BCUT2D eigenvalue weighted by Gasteiger charge is 2.18. The first-order chi connectivity index (χ1) is 6.85. The number of aromatic nitrogens is 2. The number of nitrogens with two attached hydrogens (primary N) is 1. The van der Waals surface area contributed by atoms with Crippen LogP contribution in [0, 0.1) is 0 Å². The van der Waals surface area contributed by atoms with Crippen molar-refractivity contribution >= 4 is 5.69 Å². The third-order valence-electron chi connectivity index (χ3n) is 2.14. The zero-order valence-corrected chi connectivity index (χ0v) is 9.03. The van der Waals surface area contributed by atoms with Crippen LogP contribution in [-0.4, -0.2) is 22.3 Å². The van der Waals surface area contributed by atoms with Gasteiger partial charge in [0.05, 0.1) is 12.1 Å². The molecule has 0 bridgehead atoms. The molecule has 0 unspecified atom stereocenters. The summed E-state index contributed by atoms with van der Waals surface area (Å²) in [5, 5.41) is 0. The maximum absolute atomic E-state index is 11.4. The van der Waals surface area contributed by atoms with Crippen LogP contribution in [0.2, 0.25) is 0 Å². The van der Waals surface area contributed by atoms with E-state index in [1.54, 1.807) is 7.11 Å². The highest BCUT2D eigenvalue weighted by molar-refractivity contribution is 5.30. The minimum atomic E-state index is -0.563. The molecular formula is C9H15N3O3. The Morgan fingerprint density at radius 1 is 1.53 bits per heavy atom. The van der Waals surface area contributed by atoms with Crippen molar-refractivity contribution in [1.82, 2.24) is 9.55 Å². The Kier molecular flexibility index (Phi) is 2.99. The first kappa shape index (κ1) is 11.5. The molecule has 6 heteroatoms. The summed E-state index contributed by atoms with van der Waals surface area (Å²) >= 11 is 0. The summed E-state index contributed by atoms with van der Waals surface area (Å²) < 4.78 is 6.49. The molecule has 1 aromatic heterocycles. The quantitative estimate of drug-likeness (QED) is 0.711. The van der Waals surface area contributed by atoms with Gasteiger partial charge in [0, 0.05) is 13.3 Å². The van der Waals surface area contributed by atoms with E-state index in [4.69, 9.17) is 10.5 Å². The van der Waals surface area contributed by atoms with E-state index in [0.717, 1.165) is 0 Å². The third-order valence-corrected chi connectivity index (χ3v) is 2.14. The molecule has 0 amide bonds. The van der Waals surface area contributed by atoms with E-state index in [-0.39, 0.29) is 5.69 Å². The maximum Gasteiger partial charge on any atom is 0.328 e. The van der Waals surface area contributed by atoms with Gasteiger partial charge in [-0.05, 0) is 13.8 Å². The lowest BCUT2D eigenvalue weighted by Crippen LogP contribution is -2.38. The van der Waals surface area contributed by atoms with Crippen molar-refractivity contribution in [3.63, 3.8) is 0 Å². The van der Waals surface area contributed by atoms with E-state index in [9.17, 15) is 9.59 Å². The van der Waals surface area contributed by atoms with Gasteiger partial charge in [-0.15, -0.1) is 0 Å². The molecule has 0 spiro atoms. The normalized spacial score (nSPS) is 11.7. The maximum atomic E-state index is 11.4. The van der Waals surface area contributed by atoms with Crippen molar-refractivity contribution in [2.24, 2.45) is 0 Å². The van der Waals surface area contributed by atoms with Crippen molar-refractivity contribution < 1.29 is 4.74 Å². The lowest BCUT2D eigenvalue weighted by molar-refractivity contribution is 0.00710. The average molecular weight is 213 g/mol. The molecule has 0 saturated heterocycles. The molecule has 15 heavy (non-hydrogen) atoms. The van der Waals surface area contributed by atoms with Gasteiger partial charge in [0.25, 0.3) is 5.56 Å². The summed E-state index contributed by atoms with van der Waals surface area (Å²) in [7, 11) is 1.56. The number of nitrogens with zero attached hydrogens (tertiary/aromatic N) is 1. The smallest absolute Gasteiger partial charge is 0.328 e. The standard InChI is InChI=1S/C9H15N3O3/c1-9(2,15-3)5-12-4-6(10)7(13)11-8(12)14/h4H,5,10H2,1-3H3,(H,11,13,14). The lowest BCUT2D eigenvalue weighted by atomic mass is 10.1. The van der Waals surface area contributed by atoms with Crippen LogP contribution in [0.15, 0.2) is 15.8 Å². The molecule has 0 aliphatic carbocycles. The predicted octanol–water partition coefficient (Wildman–Crippen LogP) is -0.456. The van der Waals surface area contributed by atoms with Crippen LogP contribution < -0.4 is 17.0 Å². The van der Waals surface area contributed by atoms with Crippen molar-refractivity contribution in [2.75, 3.05) is 12.8 Å². The van der Waals surface area contributed by atoms with Gasteiger partial charge in [0.1, 0.15) is 5.69 Å². The highest BCUT2D eigenvalue weighted by Crippen LogP contribution is 2.09. The number of anilines is 1. The molecule has 0 aliphatic heterocycles. The summed E-state index contributed by atoms with van der Waals surface area (Å²) in [6, 6.07) is 0. The summed E-state index contributed by atoms with van der Waals surface area (Å²) in [5.74, 6) is 0. The second kappa shape index (κ2) is 3.90. The van der Waals surface area contributed by atoms with E-state index < -0.39 is 16.9 Å². The van der Waals surface area contributed by atoms with Gasteiger partial charge < -0.3 is 10.5 Å². The molecule has 3 N–H and O–H groups in total. The monoisotopic (exact) mass is 213 g/mol. The molecule has 84 valence electrons. The van der Waals surface area contributed by atoms with Crippen LogP contribution in [0.25, 0.3) is 0 Å². The first-order valence-electron chi connectivity index (χ1n) is 4.50. The second-order valence-corrected chi connectivity index (χ2v) is 3.94. The van der Waals surface area contributed by atoms with E-state index in [1.807, 2.05) is 13.8 Å². The van der Waals surface area contributed by atoms with Crippen LogP contribution >= 0.6 is 0 Å². The molecule has 0 radical (unpaired) electrons. The van der Waals surface area contributed by atoms with Crippen LogP contribution in [0.4, 0.5) is 5.69 Å². The van der Waals surface area contributed by atoms with Gasteiger partial charge in [0.2, 0.25) is 0 Å². The summed E-state index contributed by atoms with van der Waals surface area (Å²) in [6.07, 6.45) is 1.32. The molecule has 6 nitrogen and oxygen atoms in total. The molecule has 1 rings (SSSR count). The molecule has 1 heterocycles. The zero-order valence-electron chi connectivity index (χ0n) is 9.03. The Morgan fingerprint density at radius 2 is 2.13 bits per heavy atom. The van der Waals surface area contributed by atoms with Crippen LogP contribution in [0.5, 0.6) is 0 Å². The second-order valence-electron chi connectivity index (χ2n) is 3.94. The largest absolute Gasteiger partial charge is 0.393 e. The minimum absolute atomic E-state index is 0.0153. The van der Waals surface area contributed by atoms with Gasteiger partial charge in [-0.1, -0.05) is 0 Å². The van der Waals surface area contributed by atoms with Crippen molar-refractivity contribution in [2.45, 2.75) is 26.0 Å². The number of methoxy groups -OCH3 is 1. The van der Waals surface area contributed by atoms with Gasteiger partial charge in [-0.2, -0.15) is 0 Å². The number of hydrogen-bond donors (Lipinski definition) is 2. The van der Waals surface area contributed by atoms with E-state index in [2.05, 4.69) is 4.98 Å². The fraction of sp³-hybridized carbons (Fsp3) is 0.556. The van der Waals surface area contributed by atoms with Gasteiger partial charge >= 0.3 is 5.69 Å². The number of nitrogen functional groups attached to an aromatic ring is 1. The number of aromatic amines is 1. The molecule has 0 aromatic carbocycles. The molecule has 0 atom stereocenters. The van der Waals surface area contributed by atoms with E-state index in [0.29, 0.717) is 6.54 Å². The van der Waals surface area contributed by atoms with E-state index in [1.165, 1.54) is 10.8 Å². The summed E-state index contributed by atoms with van der Waals surface area (Å²) in [5.41, 5.74) is 3.88. The minimum Gasteiger partial charge on any atom is -0.393 e. The molecule has 1 aromatic rings. The first-order valence-corrected chi connectivity index (χ1v) is 4.50. The molecule has 0 fully saturated rings. The number of H-pyrrole nitrogens is 1. The third kappa shape index (κ3) is 2.69. The Balaban J connectivity index is 3.12. The number of nitrogens with one attached hydrogen (secondary N) is 1. The van der Waals surface area contributed by atoms with Crippen molar-refractivity contribution in [3.8, 4) is 0 Å². The lowest BCUT2D eigenvalue weighted by Gasteiger charge is -2.23. The van der Waals surface area contributed by atoms with Crippen LogP contribution in [0.1, 0.15) is 13.8 Å². The Hall–Kier alpha value is -1.56. The fourth-order valence-corrected chi connectivity index (χ4v) is 1.12. The predicted molar refractivity (Wildman–Crippen MR) is 56.8 cm³/mol.